The second-order valence-corrected chi connectivity index (χ2v) is 10.3. The van der Waals surface area contributed by atoms with E-state index in [0.29, 0.717) is 18.1 Å². The van der Waals surface area contributed by atoms with Gasteiger partial charge in [0.25, 0.3) is 0 Å². The Hall–Kier alpha value is -0.990. The van der Waals surface area contributed by atoms with Gasteiger partial charge in [-0.3, -0.25) is 0 Å². The molecule has 4 nitrogen and oxygen atoms in total. The maximum atomic E-state index is 11.4. The van der Waals surface area contributed by atoms with Gasteiger partial charge in [-0.2, -0.15) is 0 Å². The molecule has 0 bridgehead atoms. The predicted molar refractivity (Wildman–Crippen MR) is 128 cm³/mol. The number of ether oxygens (including phenoxy) is 1. The number of unbranched alkanes of at least 4 members (excludes halogenated alkanes) is 15. The summed E-state index contributed by atoms with van der Waals surface area (Å²) >= 11 is 0. The molecule has 30 heavy (non-hydrogen) atoms. The van der Waals surface area contributed by atoms with Crippen LogP contribution in [0.25, 0.3) is 0 Å². The Kier molecular flexibility index (Phi) is 15.9. The molecule has 0 aliphatic carbocycles. The highest BCUT2D eigenvalue weighted by Crippen LogP contribution is 2.42. The van der Waals surface area contributed by atoms with E-state index >= 15 is 0 Å². The lowest BCUT2D eigenvalue weighted by Crippen LogP contribution is -2.00. The van der Waals surface area contributed by atoms with E-state index in [2.05, 4.69) is 6.92 Å². The molecule has 0 amide bonds. The number of rotatable bonds is 20. The SMILES string of the molecule is CCCCCCCCCCCCCCCCCCOc1ccccc1OP(C)(=O)O. The summed E-state index contributed by atoms with van der Waals surface area (Å²) in [5.74, 6) is 0.872. The monoisotopic (exact) mass is 440 g/mol. The molecule has 0 aliphatic heterocycles. The first-order valence-corrected chi connectivity index (χ1v) is 14.3. The minimum Gasteiger partial charge on any atom is -0.490 e. The second kappa shape index (κ2) is 17.7. The van der Waals surface area contributed by atoms with E-state index in [4.69, 9.17) is 9.26 Å². The van der Waals surface area contributed by atoms with Crippen LogP contribution in [0.1, 0.15) is 110 Å². The molecule has 1 rings (SSSR count). The maximum Gasteiger partial charge on any atom is 0.373 e. The Labute approximate surface area is 185 Å². The molecule has 0 aliphatic rings. The molecule has 1 aromatic rings. The van der Waals surface area contributed by atoms with Crippen molar-refractivity contribution in [1.82, 2.24) is 0 Å². The second-order valence-electron chi connectivity index (χ2n) is 8.49. The highest BCUT2D eigenvalue weighted by atomic mass is 31.2. The summed E-state index contributed by atoms with van der Waals surface area (Å²) in [6.07, 6.45) is 21.5. The first kappa shape index (κ1) is 27.0. The van der Waals surface area contributed by atoms with E-state index in [1.807, 2.05) is 6.07 Å². The van der Waals surface area contributed by atoms with Crippen molar-refractivity contribution in [3.05, 3.63) is 24.3 Å². The maximum absolute atomic E-state index is 11.4. The van der Waals surface area contributed by atoms with Crippen LogP contribution in [0.15, 0.2) is 24.3 Å². The summed E-state index contributed by atoms with van der Waals surface area (Å²) in [5, 5.41) is 0. The van der Waals surface area contributed by atoms with Gasteiger partial charge in [0, 0.05) is 6.66 Å². The molecular weight excluding hydrogens is 395 g/mol. The van der Waals surface area contributed by atoms with Gasteiger partial charge in [0.15, 0.2) is 11.5 Å². The summed E-state index contributed by atoms with van der Waals surface area (Å²) in [6.45, 7) is 4.07. The van der Waals surface area contributed by atoms with Gasteiger partial charge in [0.2, 0.25) is 0 Å². The zero-order valence-electron chi connectivity index (χ0n) is 19.4. The summed E-state index contributed by atoms with van der Waals surface area (Å²) in [7, 11) is -3.57. The zero-order chi connectivity index (χ0) is 21.9. The molecule has 0 aromatic heterocycles. The van der Waals surface area contributed by atoms with E-state index in [0.717, 1.165) is 12.8 Å². The van der Waals surface area contributed by atoms with E-state index in [1.54, 1.807) is 18.2 Å². The third-order valence-corrected chi connectivity index (χ3v) is 5.91. The fraction of sp³-hybridized carbons (Fsp3) is 0.760. The van der Waals surface area contributed by atoms with Gasteiger partial charge in [-0.15, -0.1) is 0 Å². The fourth-order valence-corrected chi connectivity index (χ4v) is 4.18. The van der Waals surface area contributed by atoms with Crippen LogP contribution < -0.4 is 9.26 Å². The molecule has 0 fully saturated rings. The van der Waals surface area contributed by atoms with Gasteiger partial charge < -0.3 is 14.2 Å². The van der Waals surface area contributed by atoms with Gasteiger partial charge >= 0.3 is 7.60 Å². The van der Waals surface area contributed by atoms with Gasteiger partial charge in [0.1, 0.15) is 0 Å². The molecule has 1 N–H and O–H groups in total. The molecule has 174 valence electrons. The zero-order valence-corrected chi connectivity index (χ0v) is 20.3. The van der Waals surface area contributed by atoms with Crippen molar-refractivity contribution in [3.63, 3.8) is 0 Å². The first-order valence-electron chi connectivity index (χ1n) is 12.2. The van der Waals surface area contributed by atoms with E-state index in [1.165, 1.54) is 96.6 Å². The fourth-order valence-electron chi connectivity index (χ4n) is 3.66. The van der Waals surface area contributed by atoms with Crippen LogP contribution >= 0.6 is 7.60 Å². The van der Waals surface area contributed by atoms with Crippen LogP contribution in [-0.4, -0.2) is 18.2 Å². The van der Waals surface area contributed by atoms with E-state index in [9.17, 15) is 9.46 Å². The van der Waals surface area contributed by atoms with Crippen molar-refractivity contribution in [3.8, 4) is 11.5 Å². The van der Waals surface area contributed by atoms with E-state index < -0.39 is 7.60 Å². The Morgan fingerprint density at radius 2 is 1.10 bits per heavy atom. The topological polar surface area (TPSA) is 55.8 Å². The molecule has 0 spiro atoms. The molecule has 1 unspecified atom stereocenters. The van der Waals surface area contributed by atoms with Crippen molar-refractivity contribution < 1.29 is 18.7 Å². The summed E-state index contributed by atoms with van der Waals surface area (Å²) in [6, 6.07) is 7.05. The highest BCUT2D eigenvalue weighted by Gasteiger charge is 2.15. The third kappa shape index (κ3) is 15.8. The molecular formula is C25H45O4P. The number of hydrogen-bond acceptors (Lipinski definition) is 3. The van der Waals surface area contributed by atoms with Crippen molar-refractivity contribution in [2.45, 2.75) is 110 Å². The molecule has 0 radical (unpaired) electrons. The van der Waals surface area contributed by atoms with Gasteiger partial charge in [-0.25, -0.2) is 4.57 Å². The first-order chi connectivity index (χ1) is 14.5. The molecule has 1 atom stereocenters. The predicted octanol–water partition coefficient (Wildman–Crippen LogP) is 8.52. The van der Waals surface area contributed by atoms with Crippen LogP contribution in [-0.2, 0) is 4.57 Å². The van der Waals surface area contributed by atoms with Gasteiger partial charge in [0.05, 0.1) is 6.61 Å². The Bertz CT molecular complexity index is 570. The number of benzene rings is 1. The molecule has 0 saturated carbocycles. The summed E-state index contributed by atoms with van der Waals surface area (Å²) < 4.78 is 22.3. The smallest absolute Gasteiger partial charge is 0.373 e. The minimum atomic E-state index is -3.57. The highest BCUT2D eigenvalue weighted by molar-refractivity contribution is 7.52. The molecule has 5 heteroatoms. The van der Waals surface area contributed by atoms with Crippen LogP contribution in [0.5, 0.6) is 11.5 Å². The summed E-state index contributed by atoms with van der Waals surface area (Å²) in [4.78, 5) is 9.39. The van der Waals surface area contributed by atoms with Crippen LogP contribution in [0.3, 0.4) is 0 Å². The average molecular weight is 441 g/mol. The van der Waals surface area contributed by atoms with Crippen molar-refractivity contribution in [1.29, 1.82) is 0 Å². The largest absolute Gasteiger partial charge is 0.490 e. The molecule has 1 aromatic carbocycles. The van der Waals surface area contributed by atoms with Crippen molar-refractivity contribution in [2.24, 2.45) is 0 Å². The minimum absolute atomic E-state index is 0.335. The van der Waals surface area contributed by atoms with Crippen LogP contribution in [0.2, 0.25) is 0 Å². The van der Waals surface area contributed by atoms with E-state index in [-0.39, 0.29) is 0 Å². The van der Waals surface area contributed by atoms with Crippen molar-refractivity contribution >= 4 is 7.60 Å². The average Bonchev–Trinajstić information content (AvgIpc) is 2.70. The lowest BCUT2D eigenvalue weighted by molar-refractivity contribution is 0.291. The summed E-state index contributed by atoms with van der Waals surface area (Å²) in [5.41, 5.74) is 0. The van der Waals surface area contributed by atoms with Crippen LogP contribution in [0, 0.1) is 0 Å². The number of para-hydroxylation sites is 2. The quantitative estimate of drug-likeness (QED) is 0.163. The van der Waals surface area contributed by atoms with Gasteiger partial charge in [-0.05, 0) is 18.6 Å². The van der Waals surface area contributed by atoms with Crippen molar-refractivity contribution in [2.75, 3.05) is 13.3 Å². The lowest BCUT2D eigenvalue weighted by atomic mass is 10.0. The third-order valence-electron chi connectivity index (χ3n) is 5.37. The van der Waals surface area contributed by atoms with Crippen LogP contribution in [0.4, 0.5) is 0 Å². The molecule has 0 heterocycles. The lowest BCUT2D eigenvalue weighted by Gasteiger charge is -2.13. The van der Waals surface area contributed by atoms with Gasteiger partial charge in [-0.1, -0.05) is 115 Å². The molecule has 0 saturated heterocycles. The Balaban J connectivity index is 1.90. The normalized spacial score (nSPS) is 13.2. The Morgan fingerprint density at radius 1 is 0.700 bits per heavy atom. The number of hydrogen-bond donors (Lipinski definition) is 1. The Morgan fingerprint density at radius 3 is 1.53 bits per heavy atom. The standard InChI is InChI=1S/C25H45O4P/c1-3-4-5-6-7-8-9-10-11-12-13-14-15-16-17-20-23-28-24-21-18-19-22-25(24)29-30(2,26)27/h18-19,21-22H,3-17,20,23H2,1-2H3,(H,26,27).